The van der Waals surface area contributed by atoms with Crippen LogP contribution in [0.5, 0.6) is 17.2 Å². The Morgan fingerprint density at radius 2 is 1.44 bits per heavy atom. The van der Waals surface area contributed by atoms with Crippen LogP contribution in [0.2, 0.25) is 0 Å². The Morgan fingerprint density at radius 3 is 1.81 bits per heavy atom. The van der Waals surface area contributed by atoms with Gasteiger partial charge in [0, 0.05) is 30.9 Å². The average Bonchev–Trinajstić information content (AvgIpc) is 2.66. The van der Waals surface area contributed by atoms with Crippen molar-refractivity contribution >= 4 is 17.5 Å². The zero-order chi connectivity index (χ0) is 20.6. The van der Waals surface area contributed by atoms with Crippen LogP contribution in [0.3, 0.4) is 0 Å². The minimum Gasteiger partial charge on any atom is -0.493 e. The molecule has 0 bridgehead atoms. The molecule has 1 aromatic rings. The van der Waals surface area contributed by atoms with E-state index >= 15 is 0 Å². The summed E-state index contributed by atoms with van der Waals surface area (Å²) in [6.45, 7) is 8.57. The summed E-state index contributed by atoms with van der Waals surface area (Å²) in [6.07, 6.45) is 1.69. The average molecular weight is 380 g/mol. The van der Waals surface area contributed by atoms with E-state index in [4.69, 9.17) is 14.2 Å². The van der Waals surface area contributed by atoms with Gasteiger partial charge in [0.25, 0.3) is 0 Å². The predicted octanol–water partition coefficient (Wildman–Crippen LogP) is 3.33. The standard InChI is InChI=1S/C20H32N2O5/c1-8-10-22(11-9-2)19(24)20(3,4)18(23)21-14-12-15(25-5)17(27-7)16(13-14)26-6/h12-13H,8-11H2,1-7H3,(H,21,23). The lowest BCUT2D eigenvalue weighted by Gasteiger charge is -2.31. The number of amides is 2. The Hall–Kier alpha value is -2.44. The van der Waals surface area contributed by atoms with Gasteiger partial charge in [-0.3, -0.25) is 9.59 Å². The molecule has 0 fully saturated rings. The molecule has 0 radical (unpaired) electrons. The van der Waals surface area contributed by atoms with Crippen molar-refractivity contribution in [2.24, 2.45) is 5.41 Å². The molecule has 7 nitrogen and oxygen atoms in total. The molecule has 1 N–H and O–H groups in total. The monoisotopic (exact) mass is 380 g/mol. The molecule has 1 rings (SSSR count). The first-order valence-corrected chi connectivity index (χ1v) is 9.17. The number of anilines is 1. The molecule has 0 aliphatic carbocycles. The van der Waals surface area contributed by atoms with Crippen molar-refractivity contribution in [2.75, 3.05) is 39.7 Å². The van der Waals surface area contributed by atoms with Gasteiger partial charge in [0.1, 0.15) is 5.41 Å². The van der Waals surface area contributed by atoms with Gasteiger partial charge < -0.3 is 24.4 Å². The summed E-state index contributed by atoms with van der Waals surface area (Å²) >= 11 is 0. The van der Waals surface area contributed by atoms with Crippen molar-refractivity contribution in [3.63, 3.8) is 0 Å². The number of benzene rings is 1. The number of carbonyl (C=O) groups excluding carboxylic acids is 2. The summed E-state index contributed by atoms with van der Waals surface area (Å²) in [5.74, 6) is 0.713. The van der Waals surface area contributed by atoms with E-state index in [2.05, 4.69) is 5.32 Å². The lowest BCUT2D eigenvalue weighted by molar-refractivity contribution is -0.146. The number of methoxy groups -OCH3 is 3. The van der Waals surface area contributed by atoms with Crippen LogP contribution in [0, 0.1) is 5.41 Å². The van der Waals surface area contributed by atoms with Gasteiger partial charge in [-0.05, 0) is 26.7 Å². The number of nitrogens with zero attached hydrogens (tertiary/aromatic N) is 1. The fourth-order valence-corrected chi connectivity index (χ4v) is 2.79. The minimum atomic E-state index is -1.20. The molecule has 0 aromatic heterocycles. The Kier molecular flexibility index (Phi) is 8.40. The topological polar surface area (TPSA) is 77.1 Å². The molecule has 0 aliphatic heterocycles. The van der Waals surface area contributed by atoms with Gasteiger partial charge in [0.2, 0.25) is 17.6 Å². The van der Waals surface area contributed by atoms with E-state index in [0.717, 1.165) is 12.8 Å². The van der Waals surface area contributed by atoms with Crippen LogP contribution in [0.25, 0.3) is 0 Å². The molecule has 0 aliphatic rings. The van der Waals surface area contributed by atoms with Crippen molar-refractivity contribution in [2.45, 2.75) is 40.5 Å². The van der Waals surface area contributed by atoms with Crippen LogP contribution in [-0.4, -0.2) is 51.1 Å². The van der Waals surface area contributed by atoms with Crippen LogP contribution >= 0.6 is 0 Å². The van der Waals surface area contributed by atoms with Gasteiger partial charge in [-0.2, -0.15) is 0 Å². The fourth-order valence-electron chi connectivity index (χ4n) is 2.79. The van der Waals surface area contributed by atoms with Crippen molar-refractivity contribution in [3.8, 4) is 17.2 Å². The van der Waals surface area contributed by atoms with Gasteiger partial charge in [-0.1, -0.05) is 13.8 Å². The first kappa shape index (κ1) is 22.6. The zero-order valence-corrected chi connectivity index (χ0v) is 17.5. The molecule has 1 aromatic carbocycles. The highest BCUT2D eigenvalue weighted by Gasteiger charge is 2.39. The highest BCUT2D eigenvalue weighted by molar-refractivity contribution is 6.10. The van der Waals surface area contributed by atoms with Crippen LogP contribution in [0.15, 0.2) is 12.1 Å². The van der Waals surface area contributed by atoms with Crippen LogP contribution in [0.1, 0.15) is 40.5 Å². The Bertz CT molecular complexity index is 627. The molecular formula is C20H32N2O5. The van der Waals surface area contributed by atoms with Crippen LogP contribution in [-0.2, 0) is 9.59 Å². The first-order chi connectivity index (χ1) is 12.8. The molecule has 0 saturated carbocycles. The van der Waals surface area contributed by atoms with Gasteiger partial charge in [-0.25, -0.2) is 0 Å². The van der Waals surface area contributed by atoms with E-state index < -0.39 is 5.41 Å². The van der Waals surface area contributed by atoms with E-state index in [1.165, 1.54) is 21.3 Å². The molecule has 0 saturated heterocycles. The molecule has 27 heavy (non-hydrogen) atoms. The second-order valence-corrected chi connectivity index (χ2v) is 6.79. The lowest BCUT2D eigenvalue weighted by atomic mass is 9.90. The van der Waals surface area contributed by atoms with E-state index in [1.54, 1.807) is 30.9 Å². The first-order valence-electron chi connectivity index (χ1n) is 9.17. The second-order valence-electron chi connectivity index (χ2n) is 6.79. The number of hydrogen-bond acceptors (Lipinski definition) is 5. The number of carbonyl (C=O) groups is 2. The third-order valence-corrected chi connectivity index (χ3v) is 4.30. The highest BCUT2D eigenvalue weighted by Crippen LogP contribution is 2.40. The van der Waals surface area contributed by atoms with Gasteiger partial charge in [0.15, 0.2) is 11.5 Å². The van der Waals surface area contributed by atoms with Crippen LogP contribution in [0.4, 0.5) is 5.69 Å². The Balaban J connectivity index is 3.10. The van der Waals surface area contributed by atoms with Crippen molar-refractivity contribution in [1.29, 1.82) is 0 Å². The third kappa shape index (κ3) is 5.28. The maximum atomic E-state index is 12.9. The van der Waals surface area contributed by atoms with Crippen molar-refractivity contribution < 1.29 is 23.8 Å². The largest absolute Gasteiger partial charge is 0.493 e. The van der Waals surface area contributed by atoms with Crippen molar-refractivity contribution in [3.05, 3.63) is 12.1 Å². The van der Waals surface area contributed by atoms with E-state index in [1.807, 2.05) is 13.8 Å². The predicted molar refractivity (Wildman–Crippen MR) is 106 cm³/mol. The molecule has 0 atom stereocenters. The summed E-state index contributed by atoms with van der Waals surface area (Å²) in [7, 11) is 4.52. The number of hydrogen-bond donors (Lipinski definition) is 1. The third-order valence-electron chi connectivity index (χ3n) is 4.30. The number of nitrogens with one attached hydrogen (secondary N) is 1. The number of rotatable bonds is 10. The maximum absolute atomic E-state index is 12.9. The molecule has 0 heterocycles. The van der Waals surface area contributed by atoms with Gasteiger partial charge >= 0.3 is 0 Å². The fraction of sp³-hybridized carbons (Fsp3) is 0.600. The van der Waals surface area contributed by atoms with Crippen LogP contribution < -0.4 is 19.5 Å². The van der Waals surface area contributed by atoms with Gasteiger partial charge in [-0.15, -0.1) is 0 Å². The summed E-state index contributed by atoms with van der Waals surface area (Å²) < 4.78 is 15.9. The van der Waals surface area contributed by atoms with E-state index in [-0.39, 0.29) is 11.8 Å². The maximum Gasteiger partial charge on any atom is 0.239 e. The Morgan fingerprint density at radius 1 is 0.963 bits per heavy atom. The van der Waals surface area contributed by atoms with E-state index in [0.29, 0.717) is 36.0 Å². The minimum absolute atomic E-state index is 0.184. The molecule has 0 unspecified atom stereocenters. The van der Waals surface area contributed by atoms with Crippen molar-refractivity contribution in [1.82, 2.24) is 4.90 Å². The quantitative estimate of drug-likeness (QED) is 0.630. The molecule has 7 heteroatoms. The second kappa shape index (κ2) is 10.0. The summed E-state index contributed by atoms with van der Waals surface area (Å²) in [6, 6.07) is 3.27. The van der Waals surface area contributed by atoms with E-state index in [9.17, 15) is 9.59 Å². The lowest BCUT2D eigenvalue weighted by Crippen LogP contribution is -2.47. The SMILES string of the molecule is CCCN(CCC)C(=O)C(C)(C)C(=O)Nc1cc(OC)c(OC)c(OC)c1. The summed E-state index contributed by atoms with van der Waals surface area (Å²) in [5, 5.41) is 2.80. The molecule has 152 valence electrons. The number of ether oxygens (including phenoxy) is 3. The van der Waals surface area contributed by atoms with Gasteiger partial charge in [0.05, 0.1) is 21.3 Å². The highest BCUT2D eigenvalue weighted by atomic mass is 16.5. The molecular weight excluding hydrogens is 348 g/mol. The normalized spacial score (nSPS) is 10.9. The molecule has 2 amide bonds. The molecule has 0 spiro atoms. The zero-order valence-electron chi connectivity index (χ0n) is 17.5. The Labute approximate surface area is 162 Å². The summed E-state index contributed by atoms with van der Waals surface area (Å²) in [4.78, 5) is 27.5. The summed E-state index contributed by atoms with van der Waals surface area (Å²) in [5.41, 5.74) is -0.738. The smallest absolute Gasteiger partial charge is 0.239 e.